The highest BCUT2D eigenvalue weighted by molar-refractivity contribution is 5.97. The molecule has 0 aromatic carbocycles. The molecule has 0 fully saturated rings. The van der Waals surface area contributed by atoms with Gasteiger partial charge in [0.25, 0.3) is 0 Å². The predicted molar refractivity (Wildman–Crippen MR) is 58.1 cm³/mol. The molecule has 0 N–H and O–H groups in total. The fourth-order valence-corrected chi connectivity index (χ4v) is 1.15. The topological polar surface area (TPSA) is 34.1 Å². The lowest BCUT2D eigenvalue weighted by Gasteiger charge is -2.02. The van der Waals surface area contributed by atoms with E-state index in [9.17, 15) is 9.59 Å². The highest BCUT2D eigenvalue weighted by atomic mass is 16.1. The molecule has 0 spiro atoms. The Morgan fingerprint density at radius 2 is 1.79 bits per heavy atom. The molecule has 0 saturated carbocycles. The first-order chi connectivity index (χ1) is 6.52. The second kappa shape index (κ2) is 7.48. The Balaban J connectivity index is 3.50. The summed E-state index contributed by atoms with van der Waals surface area (Å²) in [6.07, 6.45) is 6.49. The SMILES string of the molecule is CC(=O)/C=C/C(=O)CCCCC(C)C. The van der Waals surface area contributed by atoms with Crippen molar-refractivity contribution in [1.29, 1.82) is 0 Å². The van der Waals surface area contributed by atoms with Crippen molar-refractivity contribution in [3.63, 3.8) is 0 Å². The van der Waals surface area contributed by atoms with Crippen molar-refractivity contribution in [2.75, 3.05) is 0 Å². The Kier molecular flexibility index (Phi) is 6.99. The van der Waals surface area contributed by atoms with Crippen molar-refractivity contribution < 1.29 is 9.59 Å². The van der Waals surface area contributed by atoms with Gasteiger partial charge in [0.05, 0.1) is 0 Å². The van der Waals surface area contributed by atoms with Gasteiger partial charge < -0.3 is 0 Å². The van der Waals surface area contributed by atoms with Crippen LogP contribution in [0.25, 0.3) is 0 Å². The minimum absolute atomic E-state index is 0.0592. The van der Waals surface area contributed by atoms with Gasteiger partial charge in [-0.05, 0) is 31.4 Å². The van der Waals surface area contributed by atoms with E-state index in [1.54, 1.807) is 0 Å². The lowest BCUT2D eigenvalue weighted by molar-refractivity contribution is -0.116. The number of carbonyl (C=O) groups is 2. The van der Waals surface area contributed by atoms with Crippen molar-refractivity contribution in [1.82, 2.24) is 0 Å². The quantitative estimate of drug-likeness (QED) is 0.463. The van der Waals surface area contributed by atoms with Crippen molar-refractivity contribution >= 4 is 11.6 Å². The molecule has 0 aliphatic heterocycles. The van der Waals surface area contributed by atoms with E-state index in [-0.39, 0.29) is 11.6 Å². The largest absolute Gasteiger partial charge is 0.295 e. The van der Waals surface area contributed by atoms with Crippen LogP contribution in [0.15, 0.2) is 12.2 Å². The van der Waals surface area contributed by atoms with Gasteiger partial charge in [0.1, 0.15) is 0 Å². The molecule has 0 amide bonds. The molecule has 0 aliphatic carbocycles. The minimum atomic E-state index is -0.0690. The number of carbonyl (C=O) groups excluding carboxylic acids is 2. The Bertz CT molecular complexity index is 214. The van der Waals surface area contributed by atoms with Crippen LogP contribution in [0.5, 0.6) is 0 Å². The third-order valence-electron chi connectivity index (χ3n) is 1.96. The molecule has 2 heteroatoms. The fourth-order valence-electron chi connectivity index (χ4n) is 1.15. The van der Waals surface area contributed by atoms with Crippen LogP contribution in [0.1, 0.15) is 46.5 Å². The van der Waals surface area contributed by atoms with Gasteiger partial charge in [-0.2, -0.15) is 0 Å². The molecule has 0 aromatic heterocycles. The summed E-state index contributed by atoms with van der Waals surface area (Å²) in [5.41, 5.74) is 0. The van der Waals surface area contributed by atoms with E-state index in [0.29, 0.717) is 12.3 Å². The van der Waals surface area contributed by atoms with Gasteiger partial charge in [-0.15, -0.1) is 0 Å². The molecule has 80 valence electrons. The second-order valence-electron chi connectivity index (χ2n) is 4.05. The molecule has 0 aromatic rings. The summed E-state index contributed by atoms with van der Waals surface area (Å²) in [5, 5.41) is 0. The lowest BCUT2D eigenvalue weighted by Crippen LogP contribution is -1.95. The normalized spacial score (nSPS) is 11.1. The van der Waals surface area contributed by atoms with Crippen molar-refractivity contribution in [3.8, 4) is 0 Å². The van der Waals surface area contributed by atoms with Crippen LogP contribution in [-0.4, -0.2) is 11.6 Å². The molecule has 0 saturated heterocycles. The lowest BCUT2D eigenvalue weighted by atomic mass is 10.0. The number of allylic oxidation sites excluding steroid dienone is 2. The highest BCUT2D eigenvalue weighted by Gasteiger charge is 1.98. The standard InChI is InChI=1S/C12H20O2/c1-10(2)6-4-5-7-12(14)9-8-11(3)13/h8-10H,4-7H2,1-3H3/b9-8+. The number of hydrogen-bond acceptors (Lipinski definition) is 2. The van der Waals surface area contributed by atoms with E-state index in [4.69, 9.17) is 0 Å². The average molecular weight is 196 g/mol. The molecule has 0 radical (unpaired) electrons. The summed E-state index contributed by atoms with van der Waals surface area (Å²) >= 11 is 0. The molecule has 14 heavy (non-hydrogen) atoms. The summed E-state index contributed by atoms with van der Waals surface area (Å²) in [4.78, 5) is 21.7. The van der Waals surface area contributed by atoms with E-state index in [1.165, 1.54) is 25.5 Å². The minimum Gasteiger partial charge on any atom is -0.295 e. The van der Waals surface area contributed by atoms with E-state index in [1.807, 2.05) is 0 Å². The molecular weight excluding hydrogens is 176 g/mol. The van der Waals surface area contributed by atoms with Crippen LogP contribution >= 0.6 is 0 Å². The highest BCUT2D eigenvalue weighted by Crippen LogP contribution is 2.08. The molecule has 0 heterocycles. The van der Waals surface area contributed by atoms with Gasteiger partial charge >= 0.3 is 0 Å². The Labute approximate surface area is 86.4 Å². The van der Waals surface area contributed by atoms with Crippen LogP contribution in [0.2, 0.25) is 0 Å². The molecule has 0 unspecified atom stereocenters. The maximum absolute atomic E-state index is 11.2. The first-order valence-electron chi connectivity index (χ1n) is 5.24. The number of rotatable bonds is 7. The van der Waals surface area contributed by atoms with Gasteiger partial charge in [0, 0.05) is 6.42 Å². The zero-order valence-corrected chi connectivity index (χ0v) is 9.38. The van der Waals surface area contributed by atoms with Crippen molar-refractivity contribution in [2.45, 2.75) is 46.5 Å². The zero-order chi connectivity index (χ0) is 11.0. The second-order valence-corrected chi connectivity index (χ2v) is 4.05. The summed E-state index contributed by atoms with van der Waals surface area (Å²) in [6.45, 7) is 5.80. The molecule has 0 atom stereocenters. The Morgan fingerprint density at radius 1 is 1.14 bits per heavy atom. The van der Waals surface area contributed by atoms with Gasteiger partial charge in [-0.1, -0.05) is 26.7 Å². The Morgan fingerprint density at radius 3 is 2.29 bits per heavy atom. The molecule has 0 rings (SSSR count). The summed E-state index contributed by atoms with van der Waals surface area (Å²) in [6, 6.07) is 0. The Hall–Kier alpha value is -0.920. The fraction of sp³-hybridized carbons (Fsp3) is 0.667. The van der Waals surface area contributed by atoms with Crippen LogP contribution in [0, 0.1) is 5.92 Å². The van der Waals surface area contributed by atoms with Crippen molar-refractivity contribution in [3.05, 3.63) is 12.2 Å². The summed E-state index contributed by atoms with van der Waals surface area (Å²) in [7, 11) is 0. The summed E-state index contributed by atoms with van der Waals surface area (Å²) < 4.78 is 0. The van der Waals surface area contributed by atoms with E-state index < -0.39 is 0 Å². The number of hydrogen-bond donors (Lipinski definition) is 0. The smallest absolute Gasteiger partial charge is 0.155 e. The van der Waals surface area contributed by atoms with Gasteiger partial charge in [0.2, 0.25) is 0 Å². The number of ketones is 2. The van der Waals surface area contributed by atoms with Gasteiger partial charge in [-0.3, -0.25) is 9.59 Å². The van der Waals surface area contributed by atoms with Crippen LogP contribution in [0.3, 0.4) is 0 Å². The van der Waals surface area contributed by atoms with Gasteiger partial charge in [-0.25, -0.2) is 0 Å². The van der Waals surface area contributed by atoms with Crippen LogP contribution in [-0.2, 0) is 9.59 Å². The summed E-state index contributed by atoms with van der Waals surface area (Å²) in [5.74, 6) is 0.697. The molecule has 0 bridgehead atoms. The van der Waals surface area contributed by atoms with Crippen LogP contribution in [0.4, 0.5) is 0 Å². The third-order valence-corrected chi connectivity index (χ3v) is 1.96. The van der Waals surface area contributed by atoms with E-state index in [2.05, 4.69) is 13.8 Å². The first-order valence-corrected chi connectivity index (χ1v) is 5.24. The molecular formula is C12H20O2. The van der Waals surface area contributed by atoms with Gasteiger partial charge in [0.15, 0.2) is 11.6 Å². The third kappa shape index (κ3) is 9.17. The van der Waals surface area contributed by atoms with Crippen LogP contribution < -0.4 is 0 Å². The molecule has 0 aliphatic rings. The van der Waals surface area contributed by atoms with E-state index in [0.717, 1.165) is 12.8 Å². The first kappa shape index (κ1) is 13.1. The zero-order valence-electron chi connectivity index (χ0n) is 9.38. The maximum atomic E-state index is 11.2. The number of unbranched alkanes of at least 4 members (excludes halogenated alkanes) is 1. The van der Waals surface area contributed by atoms with Crippen molar-refractivity contribution in [2.24, 2.45) is 5.92 Å². The molecule has 2 nitrogen and oxygen atoms in total. The average Bonchev–Trinajstić information content (AvgIpc) is 2.08. The van der Waals surface area contributed by atoms with E-state index >= 15 is 0 Å². The predicted octanol–water partition coefficient (Wildman–Crippen LogP) is 2.92. The maximum Gasteiger partial charge on any atom is 0.155 e. The monoisotopic (exact) mass is 196 g/mol.